The minimum atomic E-state index is -1.03. The smallest absolute Gasteiger partial charge is 0.163 e. The van der Waals surface area contributed by atoms with Crippen LogP contribution < -0.4 is 0 Å². The van der Waals surface area contributed by atoms with Crippen molar-refractivity contribution in [2.24, 2.45) is 0 Å². The number of rotatable bonds is 4. The first-order valence-electron chi connectivity index (χ1n) is 6.33. The zero-order valence-electron chi connectivity index (χ0n) is 11.3. The summed E-state index contributed by atoms with van der Waals surface area (Å²) in [5.74, 6) is 0.362. The summed E-state index contributed by atoms with van der Waals surface area (Å²) >= 11 is 0. The lowest BCUT2D eigenvalue weighted by Crippen LogP contribution is -2.17. The van der Waals surface area contributed by atoms with Crippen LogP contribution in [0.3, 0.4) is 0 Å². The van der Waals surface area contributed by atoms with Crippen LogP contribution in [0, 0.1) is 0 Å². The quantitative estimate of drug-likeness (QED) is 0.664. The molecule has 90 valence electrons. The van der Waals surface area contributed by atoms with Gasteiger partial charge >= 0.3 is 0 Å². The molecule has 2 heteroatoms. The molecule has 0 aliphatic heterocycles. The number of carbonyl (C=O) groups is 1. The Morgan fingerprint density at radius 2 is 1.69 bits per heavy atom. The molecule has 0 aromatic rings. The van der Waals surface area contributed by atoms with E-state index in [1.54, 1.807) is 0 Å². The Kier molecular flexibility index (Phi) is 4.31. The SMILES string of the molecule is CCC1=C(CC)/C(=C/C[Si](C)(C)C)CC1=O. The van der Waals surface area contributed by atoms with Gasteiger partial charge in [-0.2, -0.15) is 0 Å². The standard InChI is InChI=1S/C14H24OSi/c1-6-12-11(8-9-16(3,4)5)10-14(15)13(12)7-2/h8H,6-7,9-10H2,1-5H3/b11-8+. The Morgan fingerprint density at radius 1 is 1.12 bits per heavy atom. The van der Waals surface area contributed by atoms with Gasteiger partial charge in [-0.25, -0.2) is 0 Å². The molecule has 16 heavy (non-hydrogen) atoms. The van der Waals surface area contributed by atoms with Gasteiger partial charge in [-0.05, 0) is 35.6 Å². The minimum Gasteiger partial charge on any atom is -0.294 e. The van der Waals surface area contributed by atoms with Crippen molar-refractivity contribution in [3.8, 4) is 0 Å². The molecule has 0 aromatic carbocycles. The monoisotopic (exact) mass is 236 g/mol. The summed E-state index contributed by atoms with van der Waals surface area (Å²) in [6.07, 6.45) is 4.90. The van der Waals surface area contributed by atoms with Crippen molar-refractivity contribution in [1.82, 2.24) is 0 Å². The summed E-state index contributed by atoms with van der Waals surface area (Å²) in [4.78, 5) is 11.8. The predicted molar refractivity (Wildman–Crippen MR) is 73.5 cm³/mol. The Morgan fingerprint density at radius 3 is 2.12 bits per heavy atom. The van der Waals surface area contributed by atoms with Crippen molar-refractivity contribution in [2.75, 3.05) is 0 Å². The van der Waals surface area contributed by atoms with E-state index in [0.29, 0.717) is 12.2 Å². The van der Waals surface area contributed by atoms with Gasteiger partial charge in [-0.3, -0.25) is 4.79 Å². The third-order valence-electron chi connectivity index (χ3n) is 3.11. The zero-order valence-corrected chi connectivity index (χ0v) is 12.3. The van der Waals surface area contributed by atoms with Crippen molar-refractivity contribution in [3.63, 3.8) is 0 Å². The largest absolute Gasteiger partial charge is 0.294 e. The fourth-order valence-corrected chi connectivity index (χ4v) is 3.08. The normalized spacial score (nSPS) is 20.1. The zero-order chi connectivity index (χ0) is 12.3. The van der Waals surface area contributed by atoms with Gasteiger partial charge in [-0.15, -0.1) is 0 Å². The van der Waals surface area contributed by atoms with Gasteiger partial charge in [0.05, 0.1) is 0 Å². The molecule has 1 aliphatic rings. The van der Waals surface area contributed by atoms with Crippen LogP contribution >= 0.6 is 0 Å². The summed E-state index contributed by atoms with van der Waals surface area (Å²) < 4.78 is 0. The molecule has 0 N–H and O–H groups in total. The molecule has 0 heterocycles. The third kappa shape index (κ3) is 3.18. The van der Waals surface area contributed by atoms with Crippen LogP contribution in [-0.2, 0) is 4.79 Å². The molecule has 0 fully saturated rings. The highest BCUT2D eigenvalue weighted by molar-refractivity contribution is 6.76. The van der Waals surface area contributed by atoms with Crippen molar-refractivity contribution in [3.05, 3.63) is 22.8 Å². The van der Waals surface area contributed by atoms with Gasteiger partial charge in [0.1, 0.15) is 0 Å². The number of carbonyl (C=O) groups excluding carboxylic acids is 1. The second-order valence-corrected chi connectivity index (χ2v) is 11.3. The summed E-state index contributed by atoms with van der Waals surface area (Å²) in [5, 5.41) is 0. The fourth-order valence-electron chi connectivity index (χ4n) is 2.22. The second-order valence-electron chi connectivity index (χ2n) is 5.76. The van der Waals surface area contributed by atoms with E-state index in [1.165, 1.54) is 17.2 Å². The highest BCUT2D eigenvalue weighted by Crippen LogP contribution is 2.33. The highest BCUT2D eigenvalue weighted by atomic mass is 28.3. The van der Waals surface area contributed by atoms with E-state index in [2.05, 4.69) is 39.6 Å². The van der Waals surface area contributed by atoms with E-state index in [9.17, 15) is 4.79 Å². The van der Waals surface area contributed by atoms with Crippen LogP contribution in [0.1, 0.15) is 33.1 Å². The molecular weight excluding hydrogens is 212 g/mol. The molecule has 0 atom stereocenters. The molecule has 0 radical (unpaired) electrons. The molecular formula is C14H24OSi. The number of hydrogen-bond acceptors (Lipinski definition) is 1. The van der Waals surface area contributed by atoms with Crippen molar-refractivity contribution < 1.29 is 4.79 Å². The van der Waals surface area contributed by atoms with Crippen LogP contribution in [0.25, 0.3) is 0 Å². The third-order valence-corrected chi connectivity index (χ3v) is 4.54. The number of hydrogen-bond donors (Lipinski definition) is 0. The summed E-state index contributed by atoms with van der Waals surface area (Å²) in [5.41, 5.74) is 3.75. The van der Waals surface area contributed by atoms with Crippen LogP contribution in [-0.4, -0.2) is 13.9 Å². The van der Waals surface area contributed by atoms with Crippen LogP contribution in [0.15, 0.2) is 22.8 Å². The van der Waals surface area contributed by atoms with Gasteiger partial charge in [0.25, 0.3) is 0 Å². The topological polar surface area (TPSA) is 17.1 Å². The molecule has 0 aromatic heterocycles. The maximum Gasteiger partial charge on any atom is 0.163 e. The van der Waals surface area contributed by atoms with Gasteiger partial charge in [0.2, 0.25) is 0 Å². The van der Waals surface area contributed by atoms with E-state index in [1.807, 2.05) is 0 Å². The van der Waals surface area contributed by atoms with Gasteiger partial charge in [0, 0.05) is 14.5 Å². The molecule has 1 aliphatic carbocycles. The Balaban J connectivity index is 2.92. The van der Waals surface area contributed by atoms with E-state index in [4.69, 9.17) is 0 Å². The summed E-state index contributed by atoms with van der Waals surface area (Å²) in [6.45, 7) is 11.4. The van der Waals surface area contributed by atoms with Crippen molar-refractivity contribution in [2.45, 2.75) is 58.8 Å². The lowest BCUT2D eigenvalue weighted by molar-refractivity contribution is -0.114. The number of ketones is 1. The molecule has 0 unspecified atom stereocenters. The van der Waals surface area contributed by atoms with Crippen molar-refractivity contribution >= 4 is 13.9 Å². The van der Waals surface area contributed by atoms with Gasteiger partial charge in [-0.1, -0.05) is 39.6 Å². The molecule has 1 nitrogen and oxygen atoms in total. The number of Topliss-reactive ketones (excluding diaryl/α,β-unsaturated/α-hetero) is 1. The van der Waals surface area contributed by atoms with Crippen molar-refractivity contribution in [1.29, 1.82) is 0 Å². The highest BCUT2D eigenvalue weighted by Gasteiger charge is 2.25. The summed E-state index contributed by atoms with van der Waals surface area (Å²) in [7, 11) is -1.03. The minimum absolute atomic E-state index is 0.362. The van der Waals surface area contributed by atoms with Crippen LogP contribution in [0.2, 0.25) is 25.7 Å². The first kappa shape index (κ1) is 13.4. The molecule has 0 bridgehead atoms. The number of allylic oxidation sites excluding steroid dienone is 4. The molecule has 0 saturated carbocycles. The predicted octanol–water partition coefficient (Wildman–Crippen LogP) is 4.34. The Labute approximate surface area is 101 Å². The second kappa shape index (κ2) is 5.13. The maximum absolute atomic E-state index is 11.8. The first-order chi connectivity index (χ1) is 7.39. The maximum atomic E-state index is 11.8. The van der Waals surface area contributed by atoms with E-state index in [-0.39, 0.29) is 0 Å². The first-order valence-corrected chi connectivity index (χ1v) is 10.0. The average Bonchev–Trinajstić information content (AvgIpc) is 2.49. The van der Waals surface area contributed by atoms with E-state index in [0.717, 1.165) is 18.4 Å². The van der Waals surface area contributed by atoms with E-state index < -0.39 is 8.07 Å². The van der Waals surface area contributed by atoms with Crippen LogP contribution in [0.5, 0.6) is 0 Å². The summed E-state index contributed by atoms with van der Waals surface area (Å²) in [6, 6.07) is 1.19. The van der Waals surface area contributed by atoms with Gasteiger partial charge in [0.15, 0.2) is 5.78 Å². The Hall–Kier alpha value is -0.633. The Bertz CT molecular complexity index is 342. The fraction of sp³-hybridized carbons (Fsp3) is 0.643. The average molecular weight is 236 g/mol. The molecule has 0 spiro atoms. The van der Waals surface area contributed by atoms with E-state index >= 15 is 0 Å². The molecule has 0 saturated heterocycles. The van der Waals surface area contributed by atoms with Crippen LogP contribution in [0.4, 0.5) is 0 Å². The lowest BCUT2D eigenvalue weighted by atomic mass is 10.0. The van der Waals surface area contributed by atoms with Gasteiger partial charge < -0.3 is 0 Å². The molecule has 0 amide bonds. The molecule has 1 rings (SSSR count). The lowest BCUT2D eigenvalue weighted by Gasteiger charge is -2.13.